The van der Waals surface area contributed by atoms with E-state index in [9.17, 15) is 9.90 Å². The number of hydrogen-bond acceptors (Lipinski definition) is 3. The second-order valence-corrected chi connectivity index (χ2v) is 5.00. The van der Waals surface area contributed by atoms with Gasteiger partial charge in [0.25, 0.3) is 0 Å². The van der Waals surface area contributed by atoms with Crippen LogP contribution in [0.3, 0.4) is 0 Å². The van der Waals surface area contributed by atoms with E-state index in [-0.39, 0.29) is 24.1 Å². The summed E-state index contributed by atoms with van der Waals surface area (Å²) < 4.78 is 0. The average molecular weight is 248 g/mol. The number of hydrogen-bond donors (Lipinski definition) is 1. The molecule has 4 heteroatoms. The maximum Gasteiger partial charge on any atom is 0.227 e. The van der Waals surface area contributed by atoms with Gasteiger partial charge in [-0.25, -0.2) is 0 Å². The maximum absolute atomic E-state index is 12.2. The van der Waals surface area contributed by atoms with Crippen LogP contribution in [0.15, 0.2) is 24.3 Å². The molecule has 0 radical (unpaired) electrons. The second kappa shape index (κ2) is 5.40. The van der Waals surface area contributed by atoms with Crippen molar-refractivity contribution in [1.29, 1.82) is 0 Å². The fourth-order valence-corrected chi connectivity index (χ4v) is 2.44. The Morgan fingerprint density at radius 2 is 2.11 bits per heavy atom. The predicted molar refractivity (Wildman–Crippen MR) is 70.5 cm³/mol. The number of nitrogens with zero attached hydrogens (tertiary/aromatic N) is 2. The van der Waals surface area contributed by atoms with Crippen LogP contribution in [-0.2, 0) is 11.2 Å². The molecule has 2 rings (SSSR count). The lowest BCUT2D eigenvalue weighted by Gasteiger charge is -2.38. The Balaban J connectivity index is 2.02. The van der Waals surface area contributed by atoms with Gasteiger partial charge in [0.1, 0.15) is 5.75 Å². The molecule has 1 saturated heterocycles. The molecule has 0 aliphatic carbocycles. The molecule has 18 heavy (non-hydrogen) atoms. The molecule has 0 spiro atoms. The van der Waals surface area contributed by atoms with E-state index < -0.39 is 0 Å². The van der Waals surface area contributed by atoms with Crippen molar-refractivity contribution in [3.63, 3.8) is 0 Å². The summed E-state index contributed by atoms with van der Waals surface area (Å²) in [6.07, 6.45) is 0.278. The van der Waals surface area contributed by atoms with Crippen molar-refractivity contribution in [3.8, 4) is 5.75 Å². The highest BCUT2D eigenvalue weighted by atomic mass is 16.3. The summed E-state index contributed by atoms with van der Waals surface area (Å²) in [4.78, 5) is 16.4. The van der Waals surface area contributed by atoms with Gasteiger partial charge < -0.3 is 14.9 Å². The second-order valence-electron chi connectivity index (χ2n) is 5.00. The minimum absolute atomic E-state index is 0.0945. The zero-order chi connectivity index (χ0) is 13.1. The first-order valence-corrected chi connectivity index (χ1v) is 6.33. The van der Waals surface area contributed by atoms with Crippen molar-refractivity contribution in [3.05, 3.63) is 29.8 Å². The minimum atomic E-state index is 0.0945. The van der Waals surface area contributed by atoms with Crippen LogP contribution in [0, 0.1) is 0 Å². The Hall–Kier alpha value is -1.55. The van der Waals surface area contributed by atoms with Crippen LogP contribution in [0.4, 0.5) is 0 Å². The number of amides is 1. The number of piperazine rings is 1. The summed E-state index contributed by atoms with van der Waals surface area (Å²) in [7, 11) is 2.07. The molecule has 0 bridgehead atoms. The fourth-order valence-electron chi connectivity index (χ4n) is 2.44. The van der Waals surface area contributed by atoms with Gasteiger partial charge in [-0.15, -0.1) is 0 Å². The van der Waals surface area contributed by atoms with Gasteiger partial charge in [0.05, 0.1) is 6.42 Å². The number of carbonyl (C=O) groups is 1. The van der Waals surface area contributed by atoms with Gasteiger partial charge in [0.2, 0.25) is 5.91 Å². The van der Waals surface area contributed by atoms with Gasteiger partial charge in [0, 0.05) is 31.2 Å². The van der Waals surface area contributed by atoms with Crippen molar-refractivity contribution in [1.82, 2.24) is 9.80 Å². The first-order valence-electron chi connectivity index (χ1n) is 6.33. The first kappa shape index (κ1) is 12.9. The lowest BCUT2D eigenvalue weighted by Crippen LogP contribution is -2.53. The van der Waals surface area contributed by atoms with E-state index in [4.69, 9.17) is 0 Å². The Bertz CT molecular complexity index is 434. The number of rotatable bonds is 2. The van der Waals surface area contributed by atoms with E-state index in [0.29, 0.717) is 5.56 Å². The molecule has 1 N–H and O–H groups in total. The van der Waals surface area contributed by atoms with E-state index in [0.717, 1.165) is 19.6 Å². The maximum atomic E-state index is 12.2. The quantitative estimate of drug-likeness (QED) is 0.852. The van der Waals surface area contributed by atoms with Crippen LogP contribution >= 0.6 is 0 Å². The molecule has 1 aromatic rings. The molecule has 1 fully saturated rings. The standard InChI is InChI=1S/C14H20N2O2/c1-11-10-15(2)7-8-16(11)14(18)9-12-5-3-4-6-13(12)17/h3-6,11,17H,7-10H2,1-2H3. The number of para-hydroxylation sites is 1. The molecule has 98 valence electrons. The van der Waals surface area contributed by atoms with Gasteiger partial charge in [-0.2, -0.15) is 0 Å². The summed E-state index contributed by atoms with van der Waals surface area (Å²) in [5.74, 6) is 0.296. The number of phenolic OH excluding ortho intramolecular Hbond substituents is 1. The van der Waals surface area contributed by atoms with Crippen LogP contribution < -0.4 is 0 Å². The molecule has 1 heterocycles. The van der Waals surface area contributed by atoms with E-state index >= 15 is 0 Å². The van der Waals surface area contributed by atoms with Crippen LogP contribution in [0.5, 0.6) is 5.75 Å². The molecule has 4 nitrogen and oxygen atoms in total. The molecule has 1 atom stereocenters. The summed E-state index contributed by atoms with van der Waals surface area (Å²) >= 11 is 0. The summed E-state index contributed by atoms with van der Waals surface area (Å²) in [6, 6.07) is 7.27. The van der Waals surface area contributed by atoms with Gasteiger partial charge in [-0.3, -0.25) is 4.79 Å². The third-order valence-corrected chi connectivity index (χ3v) is 3.48. The smallest absolute Gasteiger partial charge is 0.227 e. The third kappa shape index (κ3) is 2.82. The Kier molecular flexibility index (Phi) is 3.87. The van der Waals surface area contributed by atoms with Crippen LogP contribution in [0.2, 0.25) is 0 Å². The average Bonchev–Trinajstić information content (AvgIpc) is 2.32. The van der Waals surface area contributed by atoms with Crippen molar-refractivity contribution in [2.45, 2.75) is 19.4 Å². The predicted octanol–water partition coefficient (Wildman–Crippen LogP) is 1.10. The van der Waals surface area contributed by atoms with Crippen LogP contribution in [0.1, 0.15) is 12.5 Å². The summed E-state index contributed by atoms with van der Waals surface area (Å²) in [6.45, 7) is 4.66. The molecule has 0 aromatic heterocycles. The molecular weight excluding hydrogens is 228 g/mol. The third-order valence-electron chi connectivity index (χ3n) is 3.48. The number of aromatic hydroxyl groups is 1. The van der Waals surface area contributed by atoms with E-state index in [1.807, 2.05) is 11.0 Å². The van der Waals surface area contributed by atoms with Gasteiger partial charge in [-0.1, -0.05) is 18.2 Å². The van der Waals surface area contributed by atoms with E-state index in [2.05, 4.69) is 18.9 Å². The van der Waals surface area contributed by atoms with Crippen LogP contribution in [-0.4, -0.2) is 53.5 Å². The first-order chi connectivity index (χ1) is 8.58. The fraction of sp³-hybridized carbons (Fsp3) is 0.500. The van der Waals surface area contributed by atoms with Crippen LogP contribution in [0.25, 0.3) is 0 Å². The topological polar surface area (TPSA) is 43.8 Å². The highest BCUT2D eigenvalue weighted by molar-refractivity contribution is 5.79. The highest BCUT2D eigenvalue weighted by Crippen LogP contribution is 2.18. The Morgan fingerprint density at radius 1 is 1.39 bits per heavy atom. The number of phenols is 1. The highest BCUT2D eigenvalue weighted by Gasteiger charge is 2.25. The number of carbonyl (C=O) groups excluding carboxylic acids is 1. The molecule has 0 saturated carbocycles. The number of likely N-dealkylation sites (N-methyl/N-ethyl adjacent to an activating group) is 1. The number of benzene rings is 1. The Morgan fingerprint density at radius 3 is 2.78 bits per heavy atom. The lowest BCUT2D eigenvalue weighted by atomic mass is 10.1. The molecule has 1 aliphatic rings. The Labute approximate surface area is 108 Å². The van der Waals surface area contributed by atoms with Gasteiger partial charge >= 0.3 is 0 Å². The van der Waals surface area contributed by atoms with Crippen molar-refractivity contribution >= 4 is 5.91 Å². The zero-order valence-electron chi connectivity index (χ0n) is 11.0. The summed E-state index contributed by atoms with van der Waals surface area (Å²) in [5.41, 5.74) is 0.702. The SMILES string of the molecule is CC1CN(C)CCN1C(=O)Cc1ccccc1O. The molecule has 1 amide bonds. The van der Waals surface area contributed by atoms with Crippen molar-refractivity contribution in [2.24, 2.45) is 0 Å². The monoisotopic (exact) mass is 248 g/mol. The van der Waals surface area contributed by atoms with Gasteiger partial charge in [-0.05, 0) is 20.0 Å². The molecule has 1 aromatic carbocycles. The zero-order valence-corrected chi connectivity index (χ0v) is 11.0. The van der Waals surface area contributed by atoms with E-state index in [1.54, 1.807) is 18.2 Å². The normalized spacial score (nSPS) is 21.0. The van der Waals surface area contributed by atoms with Crippen molar-refractivity contribution < 1.29 is 9.90 Å². The molecule has 1 aliphatic heterocycles. The van der Waals surface area contributed by atoms with Crippen molar-refractivity contribution in [2.75, 3.05) is 26.7 Å². The van der Waals surface area contributed by atoms with Gasteiger partial charge in [0.15, 0.2) is 0 Å². The molecular formula is C14H20N2O2. The lowest BCUT2D eigenvalue weighted by molar-refractivity contribution is -0.134. The minimum Gasteiger partial charge on any atom is -0.508 e. The largest absolute Gasteiger partial charge is 0.508 e. The summed E-state index contributed by atoms with van der Waals surface area (Å²) in [5, 5.41) is 9.69. The van der Waals surface area contributed by atoms with E-state index in [1.165, 1.54) is 0 Å². The molecule has 1 unspecified atom stereocenters.